The van der Waals surface area contributed by atoms with Gasteiger partial charge in [0.05, 0.1) is 55.2 Å². The van der Waals surface area contributed by atoms with E-state index in [1.165, 1.54) is 18.2 Å². The Labute approximate surface area is 206 Å². The minimum Gasteiger partial charge on any atom is -0.466 e. The minimum absolute atomic E-state index is 0.0121. The molecule has 3 rings (SSSR count). The summed E-state index contributed by atoms with van der Waals surface area (Å²) in [5, 5.41) is 10.2. The van der Waals surface area contributed by atoms with Crippen LogP contribution in [0.1, 0.15) is 28.8 Å². The maximum Gasteiger partial charge on any atom is 0.355 e. The number of benzene rings is 2. The number of hydrogen-bond acceptors (Lipinski definition) is 9. The molecule has 2 aromatic carbocycles. The van der Waals surface area contributed by atoms with Crippen molar-refractivity contribution in [2.24, 2.45) is 5.73 Å². The Bertz CT molecular complexity index is 1280. The van der Waals surface area contributed by atoms with Gasteiger partial charge in [0.1, 0.15) is 11.5 Å². The predicted octanol–water partition coefficient (Wildman–Crippen LogP) is 3.41. The number of nitrogens with zero attached hydrogens (tertiary/aromatic N) is 2. The van der Waals surface area contributed by atoms with Gasteiger partial charge in [-0.05, 0) is 30.7 Å². The summed E-state index contributed by atoms with van der Waals surface area (Å²) in [4.78, 5) is 39.7. The van der Waals surface area contributed by atoms with Crippen LogP contribution < -0.4 is 10.6 Å². The van der Waals surface area contributed by atoms with Crippen LogP contribution >= 0.6 is 11.6 Å². The van der Waals surface area contributed by atoms with Gasteiger partial charge in [-0.2, -0.15) is 5.26 Å². The van der Waals surface area contributed by atoms with Crippen molar-refractivity contribution in [3.8, 4) is 6.07 Å². The third-order valence-electron chi connectivity index (χ3n) is 5.26. The summed E-state index contributed by atoms with van der Waals surface area (Å²) in [7, 11) is 2.30. The Kier molecular flexibility index (Phi) is 7.79. The van der Waals surface area contributed by atoms with Gasteiger partial charge in [0.25, 0.3) is 0 Å². The second-order valence-electron chi connectivity index (χ2n) is 7.25. The van der Waals surface area contributed by atoms with Crippen molar-refractivity contribution >= 4 is 35.2 Å². The van der Waals surface area contributed by atoms with Crippen LogP contribution in [-0.2, 0) is 23.8 Å². The third-order valence-corrected chi connectivity index (χ3v) is 5.48. The number of rotatable bonds is 6. The smallest absolute Gasteiger partial charge is 0.355 e. The molecule has 0 aromatic heterocycles. The third kappa shape index (κ3) is 4.83. The summed E-state index contributed by atoms with van der Waals surface area (Å²) in [5.74, 6) is -3.59. The topological polar surface area (TPSA) is 132 Å². The first-order valence-corrected chi connectivity index (χ1v) is 10.8. The lowest BCUT2D eigenvalue weighted by Gasteiger charge is -2.36. The predicted molar refractivity (Wildman–Crippen MR) is 127 cm³/mol. The highest BCUT2D eigenvalue weighted by Crippen LogP contribution is 2.43. The first kappa shape index (κ1) is 25.3. The fourth-order valence-electron chi connectivity index (χ4n) is 3.82. The van der Waals surface area contributed by atoms with Crippen molar-refractivity contribution in [1.29, 1.82) is 5.26 Å². The van der Waals surface area contributed by atoms with E-state index in [9.17, 15) is 19.6 Å². The minimum atomic E-state index is -1.01. The molecule has 0 fully saturated rings. The van der Waals surface area contributed by atoms with Crippen LogP contribution in [-0.4, -0.2) is 38.7 Å². The average molecular weight is 496 g/mol. The van der Waals surface area contributed by atoms with E-state index < -0.39 is 23.8 Å². The largest absolute Gasteiger partial charge is 0.466 e. The maximum atomic E-state index is 13.1. The van der Waals surface area contributed by atoms with Crippen LogP contribution in [0.5, 0.6) is 0 Å². The Hall–Kier alpha value is -4.29. The molecule has 180 valence electrons. The fraction of sp³-hybridized carbons (Fsp3) is 0.200. The van der Waals surface area contributed by atoms with Crippen LogP contribution in [0.15, 0.2) is 71.2 Å². The number of nitrogens with two attached hydrogens (primary N) is 1. The molecule has 1 heterocycles. The molecular formula is C25H22ClN3O6. The second kappa shape index (κ2) is 10.8. The summed E-state index contributed by atoms with van der Waals surface area (Å²) < 4.78 is 15.0. The van der Waals surface area contributed by atoms with E-state index in [0.29, 0.717) is 5.56 Å². The lowest BCUT2D eigenvalue weighted by atomic mass is 9.81. The number of carbonyl (C=O) groups excluding carboxylic acids is 3. The summed E-state index contributed by atoms with van der Waals surface area (Å²) in [5.41, 5.74) is 6.75. The highest BCUT2D eigenvalue weighted by atomic mass is 35.5. The molecule has 0 saturated carbocycles. The van der Waals surface area contributed by atoms with Crippen molar-refractivity contribution in [3.05, 3.63) is 87.3 Å². The van der Waals surface area contributed by atoms with Gasteiger partial charge in [0.2, 0.25) is 0 Å². The Morgan fingerprint density at radius 3 is 2.29 bits per heavy atom. The molecule has 1 aliphatic heterocycles. The number of carbonyl (C=O) groups is 3. The van der Waals surface area contributed by atoms with E-state index in [1.54, 1.807) is 37.3 Å². The number of methoxy groups -OCH3 is 2. The zero-order valence-corrected chi connectivity index (χ0v) is 20.0. The van der Waals surface area contributed by atoms with E-state index in [2.05, 4.69) is 6.07 Å². The average Bonchev–Trinajstić information content (AvgIpc) is 2.87. The van der Waals surface area contributed by atoms with Crippen molar-refractivity contribution in [1.82, 2.24) is 0 Å². The highest BCUT2D eigenvalue weighted by molar-refractivity contribution is 6.31. The molecule has 0 radical (unpaired) electrons. The van der Waals surface area contributed by atoms with Crippen LogP contribution in [0.25, 0.3) is 0 Å². The van der Waals surface area contributed by atoms with Crippen LogP contribution in [0.4, 0.5) is 5.69 Å². The van der Waals surface area contributed by atoms with Gasteiger partial charge in [-0.3, -0.25) is 4.90 Å². The second-order valence-corrected chi connectivity index (χ2v) is 7.69. The summed E-state index contributed by atoms with van der Waals surface area (Å²) in [6.45, 7) is 1.78. The van der Waals surface area contributed by atoms with Crippen LogP contribution in [0.3, 0.4) is 0 Å². The van der Waals surface area contributed by atoms with Gasteiger partial charge < -0.3 is 19.9 Å². The number of nitriles is 1. The standard InChI is InChI=1S/C25H22ClN3O6/c1-4-35-23(30)15-10-16(26)12-17(11-15)29-21(25(32)34-3)20(24(31)33-2)19(18(13-27)22(29)28)14-8-6-5-7-9-14/h5-12,19H,4,28H2,1-3H3. The number of halogens is 1. The monoisotopic (exact) mass is 495 g/mol. The number of hydrogen-bond donors (Lipinski definition) is 1. The Morgan fingerprint density at radius 1 is 1.06 bits per heavy atom. The molecule has 0 aliphatic carbocycles. The molecule has 0 bridgehead atoms. The first-order valence-electron chi connectivity index (χ1n) is 10.4. The fourth-order valence-corrected chi connectivity index (χ4v) is 4.05. The maximum absolute atomic E-state index is 13.1. The Balaban J connectivity index is 2.40. The molecule has 2 N–H and O–H groups in total. The molecule has 2 aromatic rings. The summed E-state index contributed by atoms with van der Waals surface area (Å²) in [6.07, 6.45) is 0. The molecule has 0 amide bonds. The number of esters is 3. The van der Waals surface area contributed by atoms with E-state index >= 15 is 0 Å². The molecule has 1 unspecified atom stereocenters. The molecule has 9 nitrogen and oxygen atoms in total. The zero-order chi connectivity index (χ0) is 25.7. The van der Waals surface area contributed by atoms with Gasteiger partial charge >= 0.3 is 17.9 Å². The zero-order valence-electron chi connectivity index (χ0n) is 19.2. The van der Waals surface area contributed by atoms with E-state index in [1.807, 2.05) is 0 Å². The quantitative estimate of drug-likeness (QED) is 0.472. The molecule has 0 spiro atoms. The normalized spacial score (nSPS) is 15.4. The number of ether oxygens (including phenoxy) is 3. The number of anilines is 1. The lowest BCUT2D eigenvalue weighted by Crippen LogP contribution is -2.40. The van der Waals surface area contributed by atoms with Crippen molar-refractivity contribution in [2.45, 2.75) is 12.8 Å². The van der Waals surface area contributed by atoms with Gasteiger partial charge in [0, 0.05) is 5.02 Å². The highest BCUT2D eigenvalue weighted by Gasteiger charge is 2.43. The van der Waals surface area contributed by atoms with E-state index in [-0.39, 0.29) is 45.5 Å². The van der Waals surface area contributed by atoms with Gasteiger partial charge in [0.15, 0.2) is 0 Å². The van der Waals surface area contributed by atoms with Crippen molar-refractivity contribution < 1.29 is 28.6 Å². The lowest BCUT2D eigenvalue weighted by molar-refractivity contribution is -0.139. The Morgan fingerprint density at radius 2 is 1.71 bits per heavy atom. The SMILES string of the molecule is CCOC(=O)c1cc(Cl)cc(N2C(N)=C(C#N)C(c3ccccc3)C(C(=O)OC)=C2C(=O)OC)c1. The molecular weight excluding hydrogens is 474 g/mol. The molecule has 0 saturated heterocycles. The van der Waals surface area contributed by atoms with Crippen molar-refractivity contribution in [2.75, 3.05) is 25.7 Å². The first-order chi connectivity index (χ1) is 16.8. The molecule has 35 heavy (non-hydrogen) atoms. The molecule has 1 aliphatic rings. The molecule has 1 atom stereocenters. The van der Waals surface area contributed by atoms with E-state index in [0.717, 1.165) is 19.1 Å². The van der Waals surface area contributed by atoms with Crippen LogP contribution in [0, 0.1) is 11.3 Å². The summed E-state index contributed by atoms with van der Waals surface area (Å²) >= 11 is 6.26. The molecule has 10 heteroatoms. The van der Waals surface area contributed by atoms with Gasteiger partial charge in [-0.15, -0.1) is 0 Å². The van der Waals surface area contributed by atoms with Gasteiger partial charge in [-0.1, -0.05) is 41.9 Å². The van der Waals surface area contributed by atoms with Gasteiger partial charge in [-0.25, -0.2) is 14.4 Å². The number of allylic oxidation sites excluding steroid dienone is 1. The summed E-state index contributed by atoms with van der Waals surface area (Å²) in [6, 6.07) is 14.8. The van der Waals surface area contributed by atoms with E-state index in [4.69, 9.17) is 31.5 Å². The van der Waals surface area contributed by atoms with Crippen LogP contribution in [0.2, 0.25) is 5.02 Å². The van der Waals surface area contributed by atoms with Crippen molar-refractivity contribution in [3.63, 3.8) is 0 Å².